The van der Waals surface area contributed by atoms with E-state index in [0.717, 1.165) is 46.7 Å². The zero-order valence-corrected chi connectivity index (χ0v) is 22.4. The second-order valence-corrected chi connectivity index (χ2v) is 9.91. The summed E-state index contributed by atoms with van der Waals surface area (Å²) >= 11 is 0. The van der Waals surface area contributed by atoms with Gasteiger partial charge >= 0.3 is 0 Å². The van der Waals surface area contributed by atoms with E-state index in [-0.39, 0.29) is 11.1 Å². The molecule has 2 N–H and O–H groups in total. The smallest absolute Gasteiger partial charge is 0.275 e. The molecule has 0 aliphatic heterocycles. The monoisotopic (exact) mass is 510 g/mol. The molecule has 5 rings (SSSR count). The molecular formula is C31H34N4O3. The van der Waals surface area contributed by atoms with Crippen LogP contribution in [0.1, 0.15) is 72.0 Å². The number of aromatic nitrogens is 4. The van der Waals surface area contributed by atoms with E-state index in [4.69, 9.17) is 4.42 Å². The van der Waals surface area contributed by atoms with E-state index in [1.54, 1.807) is 21.7 Å². The largest absolute Gasteiger partial charge is 0.468 e. The van der Waals surface area contributed by atoms with Gasteiger partial charge < -0.3 is 4.42 Å². The summed E-state index contributed by atoms with van der Waals surface area (Å²) in [6.45, 7) is 8.19. The van der Waals surface area contributed by atoms with Crippen LogP contribution < -0.4 is 11.1 Å². The molecule has 0 fully saturated rings. The molecule has 3 aromatic heterocycles. The number of nitrogens with zero attached hydrogens (tertiary/aromatic N) is 2. The Labute approximate surface area is 221 Å². The second kappa shape index (κ2) is 10.6. The minimum absolute atomic E-state index is 0.177. The number of benzene rings is 2. The number of hydrogen-bond acceptors (Lipinski definition) is 3. The first-order valence-electron chi connectivity index (χ1n) is 13.3. The second-order valence-electron chi connectivity index (χ2n) is 9.91. The first-order chi connectivity index (χ1) is 18.4. The molecule has 0 saturated heterocycles. The van der Waals surface area contributed by atoms with Gasteiger partial charge in [-0.1, -0.05) is 62.1 Å². The van der Waals surface area contributed by atoms with Gasteiger partial charge in [0.2, 0.25) is 0 Å². The van der Waals surface area contributed by atoms with E-state index in [2.05, 4.69) is 24.0 Å². The highest BCUT2D eigenvalue weighted by atomic mass is 16.3. The minimum atomic E-state index is -0.654. The topological polar surface area (TPSA) is 88.7 Å². The summed E-state index contributed by atoms with van der Waals surface area (Å²) in [5, 5.41) is 6.72. The van der Waals surface area contributed by atoms with Crippen molar-refractivity contribution in [3.05, 3.63) is 127 Å². The summed E-state index contributed by atoms with van der Waals surface area (Å²) in [4.78, 5) is 28.3. The molecule has 196 valence electrons. The van der Waals surface area contributed by atoms with Gasteiger partial charge in [-0.3, -0.25) is 19.8 Å². The highest BCUT2D eigenvalue weighted by Crippen LogP contribution is 2.33. The molecule has 0 spiro atoms. The number of furan rings is 1. The van der Waals surface area contributed by atoms with Crippen LogP contribution in [-0.2, 0) is 12.8 Å². The van der Waals surface area contributed by atoms with Crippen LogP contribution in [0.15, 0.2) is 80.9 Å². The fourth-order valence-electron chi connectivity index (χ4n) is 5.10. The van der Waals surface area contributed by atoms with E-state index < -0.39 is 5.92 Å². The fourth-order valence-corrected chi connectivity index (χ4v) is 5.10. The Morgan fingerprint density at radius 3 is 1.53 bits per heavy atom. The lowest BCUT2D eigenvalue weighted by molar-refractivity contribution is 0.500. The Morgan fingerprint density at radius 2 is 1.16 bits per heavy atom. The molecule has 0 bridgehead atoms. The molecular weight excluding hydrogens is 476 g/mol. The first kappa shape index (κ1) is 25.4. The molecule has 3 heterocycles. The van der Waals surface area contributed by atoms with Gasteiger partial charge in [0, 0.05) is 11.4 Å². The van der Waals surface area contributed by atoms with Crippen molar-refractivity contribution in [1.29, 1.82) is 0 Å². The lowest BCUT2D eigenvalue weighted by Gasteiger charge is -2.14. The van der Waals surface area contributed by atoms with Crippen molar-refractivity contribution in [3.63, 3.8) is 0 Å². The number of aromatic amines is 2. The summed E-state index contributed by atoms with van der Waals surface area (Å²) in [6, 6.07) is 19.3. The van der Waals surface area contributed by atoms with Crippen LogP contribution in [0.4, 0.5) is 0 Å². The molecule has 0 aliphatic rings. The van der Waals surface area contributed by atoms with Crippen LogP contribution in [0.3, 0.4) is 0 Å². The highest BCUT2D eigenvalue weighted by molar-refractivity contribution is 5.46. The maximum absolute atomic E-state index is 14.1. The van der Waals surface area contributed by atoms with Crippen molar-refractivity contribution >= 4 is 0 Å². The molecule has 38 heavy (non-hydrogen) atoms. The summed E-state index contributed by atoms with van der Waals surface area (Å²) in [5.74, 6) is -0.0852. The van der Waals surface area contributed by atoms with Crippen molar-refractivity contribution in [1.82, 2.24) is 19.6 Å². The third-order valence-corrected chi connectivity index (χ3v) is 7.00. The third-order valence-electron chi connectivity index (χ3n) is 7.00. The van der Waals surface area contributed by atoms with E-state index in [0.29, 0.717) is 29.7 Å². The van der Waals surface area contributed by atoms with Crippen molar-refractivity contribution in [3.8, 4) is 11.4 Å². The minimum Gasteiger partial charge on any atom is -0.468 e. The molecule has 7 heteroatoms. The quantitative estimate of drug-likeness (QED) is 0.257. The maximum Gasteiger partial charge on any atom is 0.275 e. The van der Waals surface area contributed by atoms with Crippen LogP contribution in [0.5, 0.6) is 0 Å². The Morgan fingerprint density at radius 1 is 0.711 bits per heavy atom. The Bertz CT molecular complexity index is 1520. The fraction of sp³-hybridized carbons (Fsp3) is 0.290. The van der Waals surface area contributed by atoms with Crippen LogP contribution in [0.2, 0.25) is 0 Å². The molecule has 0 radical (unpaired) electrons. The summed E-state index contributed by atoms with van der Waals surface area (Å²) in [6.07, 6.45) is 4.61. The lowest BCUT2D eigenvalue weighted by Crippen LogP contribution is -2.25. The van der Waals surface area contributed by atoms with Crippen LogP contribution in [-0.4, -0.2) is 19.6 Å². The molecule has 0 saturated carbocycles. The zero-order chi connectivity index (χ0) is 26.8. The van der Waals surface area contributed by atoms with Gasteiger partial charge in [-0.25, -0.2) is 9.36 Å². The first-order valence-corrected chi connectivity index (χ1v) is 13.3. The standard InChI is InChI=1S/C31H34N4O3/c1-5-8-24-27(30(36)34(32-24)22-15-11-20(3)12-16-22)29(26-10-7-19-38-26)28-25(9-6-2)33-35(31(28)37)23-17-13-21(4)14-18-23/h7,10-19,29,32-33H,5-6,8-9H2,1-4H3. The van der Waals surface area contributed by atoms with Crippen molar-refractivity contribution in [2.45, 2.75) is 59.3 Å². The van der Waals surface area contributed by atoms with Crippen LogP contribution in [0, 0.1) is 13.8 Å². The summed E-state index contributed by atoms with van der Waals surface area (Å²) in [7, 11) is 0. The van der Waals surface area contributed by atoms with Gasteiger partial charge in [-0.15, -0.1) is 0 Å². The number of hydrogen-bond donors (Lipinski definition) is 2. The molecule has 2 aromatic carbocycles. The van der Waals surface area contributed by atoms with Gasteiger partial charge in [-0.05, 0) is 63.1 Å². The molecule has 7 nitrogen and oxygen atoms in total. The normalized spacial score (nSPS) is 11.5. The number of aryl methyl sites for hydroxylation is 4. The van der Waals surface area contributed by atoms with Crippen molar-refractivity contribution in [2.75, 3.05) is 0 Å². The maximum atomic E-state index is 14.1. The molecule has 0 amide bonds. The molecule has 0 aliphatic carbocycles. The van der Waals surface area contributed by atoms with E-state index in [1.807, 2.05) is 68.4 Å². The number of rotatable bonds is 9. The van der Waals surface area contributed by atoms with Crippen LogP contribution >= 0.6 is 0 Å². The average molecular weight is 511 g/mol. The SMILES string of the molecule is CCCc1[nH]n(-c2ccc(C)cc2)c(=O)c1C(c1ccco1)c1c(CCC)[nH]n(-c2ccc(C)cc2)c1=O. The molecule has 0 unspecified atom stereocenters. The van der Waals surface area contributed by atoms with E-state index in [9.17, 15) is 9.59 Å². The summed E-state index contributed by atoms with van der Waals surface area (Å²) < 4.78 is 9.09. The predicted octanol–water partition coefficient (Wildman–Crippen LogP) is 5.94. The number of H-pyrrole nitrogens is 2. The third kappa shape index (κ3) is 4.60. The lowest BCUT2D eigenvalue weighted by atomic mass is 9.87. The highest BCUT2D eigenvalue weighted by Gasteiger charge is 2.34. The Hall–Kier alpha value is -4.26. The Balaban J connectivity index is 1.78. The van der Waals surface area contributed by atoms with Crippen LogP contribution in [0.25, 0.3) is 11.4 Å². The van der Waals surface area contributed by atoms with Gasteiger partial charge in [0.15, 0.2) is 0 Å². The molecule has 0 atom stereocenters. The van der Waals surface area contributed by atoms with E-state index >= 15 is 0 Å². The van der Waals surface area contributed by atoms with Crippen molar-refractivity contribution < 1.29 is 4.42 Å². The summed E-state index contributed by atoms with van der Waals surface area (Å²) in [5.41, 5.74) is 6.09. The Kier molecular flexibility index (Phi) is 7.09. The van der Waals surface area contributed by atoms with Gasteiger partial charge in [-0.2, -0.15) is 0 Å². The predicted molar refractivity (Wildman–Crippen MR) is 150 cm³/mol. The zero-order valence-electron chi connectivity index (χ0n) is 22.4. The average Bonchev–Trinajstić information content (AvgIpc) is 3.62. The number of nitrogens with one attached hydrogen (secondary N) is 2. The van der Waals surface area contributed by atoms with Gasteiger partial charge in [0.25, 0.3) is 11.1 Å². The molecule has 5 aromatic rings. The van der Waals surface area contributed by atoms with Gasteiger partial charge in [0.1, 0.15) is 5.76 Å². The van der Waals surface area contributed by atoms with E-state index in [1.165, 1.54) is 0 Å². The van der Waals surface area contributed by atoms with Crippen molar-refractivity contribution in [2.24, 2.45) is 0 Å². The van der Waals surface area contributed by atoms with Gasteiger partial charge in [0.05, 0.1) is 34.7 Å².